The van der Waals surface area contributed by atoms with Gasteiger partial charge in [0.1, 0.15) is 11.9 Å². The molecule has 11 heteroatoms. The van der Waals surface area contributed by atoms with Crippen molar-refractivity contribution in [2.75, 3.05) is 18.6 Å². The molecule has 192 valence electrons. The third-order valence-corrected chi connectivity index (χ3v) is 6.90. The second-order valence-corrected chi connectivity index (χ2v) is 9.56. The van der Waals surface area contributed by atoms with E-state index < -0.39 is 20.0 Å². The van der Waals surface area contributed by atoms with Gasteiger partial charge in [-0.05, 0) is 55.3 Å². The quantitative estimate of drug-likeness (QED) is 0.169. The average molecular weight is 524 g/mol. The van der Waals surface area contributed by atoms with Crippen LogP contribution in [0.15, 0.2) is 73.7 Å². The van der Waals surface area contributed by atoms with Crippen LogP contribution in [0.5, 0.6) is 0 Å². The van der Waals surface area contributed by atoms with Gasteiger partial charge in [0.25, 0.3) is 0 Å². The lowest BCUT2D eigenvalue weighted by Gasteiger charge is -2.19. The van der Waals surface area contributed by atoms with E-state index in [9.17, 15) is 18.6 Å². The zero-order valence-corrected chi connectivity index (χ0v) is 21.4. The Kier molecular flexibility index (Phi) is 7.65. The number of pyridine rings is 2. The first kappa shape index (κ1) is 26.4. The second kappa shape index (κ2) is 10.7. The number of aromatic nitrogens is 3. The topological polar surface area (TPSA) is 107 Å². The molecule has 0 aliphatic carbocycles. The van der Waals surface area contributed by atoms with Crippen molar-refractivity contribution in [3.63, 3.8) is 0 Å². The summed E-state index contributed by atoms with van der Waals surface area (Å²) in [7, 11) is -2.65. The van der Waals surface area contributed by atoms with Crippen molar-refractivity contribution < 1.29 is 27.7 Å². The summed E-state index contributed by atoms with van der Waals surface area (Å²) in [5, 5.41) is 0.656. The minimum atomic E-state index is -4.30. The Hall–Kier alpha value is -3.69. The van der Waals surface area contributed by atoms with Crippen molar-refractivity contribution in [2.45, 2.75) is 20.1 Å². The Labute approximate surface area is 213 Å². The molecular weight excluding hydrogens is 498 g/mol. The number of rotatable bonds is 9. The Balaban J connectivity index is 1.85. The Morgan fingerprint density at radius 1 is 1.24 bits per heavy atom. The minimum absolute atomic E-state index is 0.00270. The van der Waals surface area contributed by atoms with Crippen LogP contribution in [0.25, 0.3) is 33.3 Å². The van der Waals surface area contributed by atoms with Gasteiger partial charge in [0.05, 0.1) is 6.61 Å². The van der Waals surface area contributed by atoms with E-state index in [-0.39, 0.29) is 12.5 Å². The highest BCUT2D eigenvalue weighted by Gasteiger charge is 2.26. The largest absolute Gasteiger partial charge is 0.474 e. The number of likely N-dealkylation sites (N-methyl/N-ethyl adjacent to an activating group) is 1. The molecule has 3 aromatic heterocycles. The summed E-state index contributed by atoms with van der Waals surface area (Å²) in [6.45, 7) is 6.70. The van der Waals surface area contributed by atoms with Gasteiger partial charge in [-0.2, -0.15) is 4.39 Å². The number of fused-ring (bicyclic) bond motifs is 1. The molecule has 37 heavy (non-hydrogen) atoms. The zero-order valence-electron chi connectivity index (χ0n) is 20.5. The molecule has 2 atom stereocenters. The van der Waals surface area contributed by atoms with Gasteiger partial charge in [0, 0.05) is 53.9 Å². The van der Waals surface area contributed by atoms with E-state index in [4.69, 9.17) is 9.05 Å². The van der Waals surface area contributed by atoms with Gasteiger partial charge in [-0.15, -0.1) is 0 Å². The number of carbonyl (C=O) groups is 1. The molecule has 0 saturated carbocycles. The van der Waals surface area contributed by atoms with Gasteiger partial charge in [0.2, 0.25) is 11.9 Å². The Morgan fingerprint density at radius 3 is 2.73 bits per heavy atom. The molecule has 0 saturated heterocycles. The number of benzene rings is 1. The first-order valence-electron chi connectivity index (χ1n) is 11.4. The molecule has 4 aromatic rings. The fraction of sp³-hybridized carbons (Fsp3) is 0.192. The van der Waals surface area contributed by atoms with E-state index in [1.165, 1.54) is 23.2 Å². The maximum Gasteiger partial charge on any atom is 0.474 e. The van der Waals surface area contributed by atoms with E-state index in [0.717, 1.165) is 11.1 Å². The molecule has 0 aliphatic heterocycles. The first-order valence-corrected chi connectivity index (χ1v) is 12.9. The van der Waals surface area contributed by atoms with Crippen molar-refractivity contribution in [3.8, 4) is 22.3 Å². The van der Waals surface area contributed by atoms with Gasteiger partial charge in [-0.25, -0.2) is 14.5 Å². The molecule has 9 nitrogen and oxygen atoms in total. The molecule has 0 radical (unpaired) electrons. The van der Waals surface area contributed by atoms with Gasteiger partial charge in [0.15, 0.2) is 0 Å². The molecule has 1 N–H and O–H groups in total. The van der Waals surface area contributed by atoms with Crippen molar-refractivity contribution in [1.29, 1.82) is 0 Å². The maximum atomic E-state index is 14.0. The van der Waals surface area contributed by atoms with Crippen LogP contribution in [-0.4, -0.2) is 39.0 Å². The van der Waals surface area contributed by atoms with Crippen molar-refractivity contribution >= 4 is 30.5 Å². The third-order valence-electron chi connectivity index (χ3n) is 5.75. The molecule has 4 rings (SSSR count). The Bertz CT molecular complexity index is 1520. The SMILES string of the molecule is C=CC(=O)N(C)c1cccc(-c2cnc3c(c2)c(-c2ccnc(F)c2)cn3C(C)OP(=O)(O)OCC)c1. The second-order valence-electron chi connectivity index (χ2n) is 8.16. The van der Waals surface area contributed by atoms with Gasteiger partial charge >= 0.3 is 7.82 Å². The normalized spacial score (nSPS) is 13.8. The number of phosphoric ester groups is 1. The Morgan fingerprint density at radius 2 is 2.03 bits per heavy atom. The number of nitrogens with zero attached hydrogens (tertiary/aromatic N) is 4. The molecular formula is C26H26FN4O5P. The minimum Gasteiger partial charge on any atom is -0.312 e. The highest BCUT2D eigenvalue weighted by Crippen LogP contribution is 2.47. The lowest BCUT2D eigenvalue weighted by atomic mass is 10.0. The smallest absolute Gasteiger partial charge is 0.312 e. The van der Waals surface area contributed by atoms with Crippen molar-refractivity contribution in [2.24, 2.45) is 0 Å². The monoisotopic (exact) mass is 524 g/mol. The molecule has 0 bridgehead atoms. The van der Waals surface area contributed by atoms with E-state index >= 15 is 0 Å². The predicted octanol–water partition coefficient (Wildman–Crippen LogP) is 5.73. The molecule has 1 aromatic carbocycles. The van der Waals surface area contributed by atoms with Crippen LogP contribution in [-0.2, 0) is 18.4 Å². The summed E-state index contributed by atoms with van der Waals surface area (Å²) in [5.41, 5.74) is 3.85. The van der Waals surface area contributed by atoms with Crippen molar-refractivity contribution in [3.05, 3.63) is 79.7 Å². The number of carbonyl (C=O) groups excluding carboxylic acids is 1. The average Bonchev–Trinajstić information content (AvgIpc) is 3.26. The predicted molar refractivity (Wildman–Crippen MR) is 139 cm³/mol. The summed E-state index contributed by atoms with van der Waals surface area (Å²) >= 11 is 0. The third kappa shape index (κ3) is 5.68. The van der Waals surface area contributed by atoms with Crippen LogP contribution < -0.4 is 4.90 Å². The zero-order chi connectivity index (χ0) is 26.7. The lowest BCUT2D eigenvalue weighted by Crippen LogP contribution is -2.23. The molecule has 1 amide bonds. The van der Waals surface area contributed by atoms with Gasteiger partial charge in [-0.1, -0.05) is 18.7 Å². The fourth-order valence-electron chi connectivity index (χ4n) is 3.96. The van der Waals surface area contributed by atoms with Crippen LogP contribution in [0.4, 0.5) is 10.1 Å². The summed E-state index contributed by atoms with van der Waals surface area (Å²) in [6, 6.07) is 12.2. The molecule has 3 heterocycles. The highest BCUT2D eigenvalue weighted by molar-refractivity contribution is 7.47. The van der Waals surface area contributed by atoms with E-state index in [1.807, 2.05) is 30.3 Å². The molecule has 0 fully saturated rings. The van der Waals surface area contributed by atoms with Gasteiger partial charge in [-0.3, -0.25) is 13.8 Å². The molecule has 0 spiro atoms. The van der Waals surface area contributed by atoms with Gasteiger partial charge < -0.3 is 14.4 Å². The number of amides is 1. The molecule has 2 unspecified atom stereocenters. The first-order chi connectivity index (χ1) is 17.6. The number of phosphoric acid groups is 1. The standard InChI is InChI=1S/C26H26FN4O5P/c1-5-25(32)30(4)21-9-7-8-18(12-21)20-13-22-23(19-10-11-28-24(27)14-19)16-31(26(22)29-15-20)17(3)36-37(33,34)35-6-2/h5,7-17H,1,6H2,2-4H3,(H,33,34). The summed E-state index contributed by atoms with van der Waals surface area (Å²) in [4.78, 5) is 31.8. The molecule has 0 aliphatic rings. The summed E-state index contributed by atoms with van der Waals surface area (Å²) < 4.78 is 38.0. The number of hydrogen-bond donors (Lipinski definition) is 1. The summed E-state index contributed by atoms with van der Waals surface area (Å²) in [6.07, 6.45) is 5.00. The number of anilines is 1. The van der Waals surface area contributed by atoms with Crippen LogP contribution in [0.3, 0.4) is 0 Å². The van der Waals surface area contributed by atoms with E-state index in [0.29, 0.717) is 27.8 Å². The summed E-state index contributed by atoms with van der Waals surface area (Å²) in [5.74, 6) is -0.891. The van der Waals surface area contributed by atoms with Crippen LogP contribution in [0.1, 0.15) is 20.1 Å². The van der Waals surface area contributed by atoms with E-state index in [2.05, 4.69) is 16.5 Å². The number of halogens is 1. The number of hydrogen-bond acceptors (Lipinski definition) is 6. The van der Waals surface area contributed by atoms with Crippen LogP contribution >= 0.6 is 7.82 Å². The van der Waals surface area contributed by atoms with Crippen LogP contribution in [0.2, 0.25) is 0 Å². The van der Waals surface area contributed by atoms with Crippen LogP contribution in [0, 0.1) is 5.95 Å². The highest BCUT2D eigenvalue weighted by atomic mass is 31.2. The lowest BCUT2D eigenvalue weighted by molar-refractivity contribution is -0.113. The fourth-order valence-corrected chi connectivity index (χ4v) is 4.84. The maximum absolute atomic E-state index is 14.0. The van der Waals surface area contributed by atoms with E-state index in [1.54, 1.807) is 43.9 Å². The van der Waals surface area contributed by atoms with Crippen molar-refractivity contribution in [1.82, 2.24) is 14.5 Å².